The molecule has 0 atom stereocenters. The van der Waals surface area contributed by atoms with E-state index in [-0.39, 0.29) is 48.6 Å². The number of likely N-dealkylation sites (tertiary alicyclic amines) is 1. The van der Waals surface area contributed by atoms with Crippen LogP contribution in [0.1, 0.15) is 24.0 Å². The van der Waals surface area contributed by atoms with Crippen molar-refractivity contribution in [2.45, 2.75) is 25.8 Å². The van der Waals surface area contributed by atoms with Gasteiger partial charge in [-0.15, -0.1) is 0 Å². The SMILES string of the molecule is O=C1CCC(=O)N1CCOc1ccc(CNN2CCc3cc(F)c(Cl)cc32)cc1F. The van der Waals surface area contributed by atoms with Crippen molar-refractivity contribution < 1.29 is 23.1 Å². The summed E-state index contributed by atoms with van der Waals surface area (Å²) in [6.45, 7) is 1.17. The van der Waals surface area contributed by atoms with E-state index < -0.39 is 11.6 Å². The first kappa shape index (κ1) is 20.6. The summed E-state index contributed by atoms with van der Waals surface area (Å²) in [6.07, 6.45) is 1.13. The Balaban J connectivity index is 1.32. The first-order valence-corrected chi connectivity index (χ1v) is 10.0. The molecule has 1 N–H and O–H groups in total. The molecular formula is C21H20ClF2N3O3. The summed E-state index contributed by atoms with van der Waals surface area (Å²) in [4.78, 5) is 24.3. The van der Waals surface area contributed by atoms with Gasteiger partial charge >= 0.3 is 0 Å². The van der Waals surface area contributed by atoms with Gasteiger partial charge in [0.05, 0.1) is 17.3 Å². The molecule has 30 heavy (non-hydrogen) atoms. The van der Waals surface area contributed by atoms with E-state index in [1.165, 1.54) is 18.2 Å². The molecule has 2 aromatic rings. The fourth-order valence-corrected chi connectivity index (χ4v) is 3.78. The van der Waals surface area contributed by atoms with E-state index in [9.17, 15) is 18.4 Å². The van der Waals surface area contributed by atoms with Gasteiger partial charge in [-0.25, -0.2) is 14.2 Å². The van der Waals surface area contributed by atoms with Crippen LogP contribution >= 0.6 is 11.6 Å². The van der Waals surface area contributed by atoms with Crippen LogP contribution in [-0.4, -0.2) is 36.4 Å². The molecule has 0 aliphatic carbocycles. The minimum absolute atomic E-state index is 0.0356. The van der Waals surface area contributed by atoms with Gasteiger partial charge in [0.25, 0.3) is 0 Å². The fraction of sp³-hybridized carbons (Fsp3) is 0.333. The third-order valence-electron chi connectivity index (χ3n) is 5.21. The lowest BCUT2D eigenvalue weighted by molar-refractivity contribution is -0.138. The molecule has 1 saturated heterocycles. The van der Waals surface area contributed by atoms with E-state index >= 15 is 0 Å². The topological polar surface area (TPSA) is 61.9 Å². The van der Waals surface area contributed by atoms with Gasteiger partial charge < -0.3 is 9.75 Å². The Morgan fingerprint density at radius 2 is 1.80 bits per heavy atom. The summed E-state index contributed by atoms with van der Waals surface area (Å²) in [5.74, 6) is -1.35. The molecule has 2 aromatic carbocycles. The number of anilines is 1. The molecule has 0 spiro atoms. The summed E-state index contributed by atoms with van der Waals surface area (Å²) in [7, 11) is 0. The molecule has 0 aromatic heterocycles. The van der Waals surface area contributed by atoms with Gasteiger partial charge in [0, 0.05) is 25.9 Å². The van der Waals surface area contributed by atoms with Crippen LogP contribution in [0.2, 0.25) is 5.02 Å². The predicted octanol–water partition coefficient (Wildman–Crippen LogP) is 3.21. The van der Waals surface area contributed by atoms with Crippen LogP contribution in [0.25, 0.3) is 0 Å². The number of rotatable bonds is 7. The second-order valence-corrected chi connectivity index (χ2v) is 7.59. The largest absolute Gasteiger partial charge is 0.489 e. The zero-order valence-corrected chi connectivity index (χ0v) is 16.8. The predicted molar refractivity (Wildman–Crippen MR) is 107 cm³/mol. The number of fused-ring (bicyclic) bond motifs is 1. The standard InChI is InChI=1S/C21H20ClF2N3O3/c22-15-11-18-14(10-16(15)23)5-6-27(18)25-12-13-1-2-19(17(24)9-13)30-8-7-26-20(28)3-4-21(26)29/h1-2,9-11,25H,3-8,12H2. The lowest BCUT2D eigenvalue weighted by atomic mass is 10.2. The number of hydrogen-bond donors (Lipinski definition) is 1. The number of nitrogens with zero attached hydrogens (tertiary/aromatic N) is 2. The van der Waals surface area contributed by atoms with Crippen LogP contribution in [0.5, 0.6) is 5.75 Å². The van der Waals surface area contributed by atoms with Crippen LogP contribution < -0.4 is 15.2 Å². The second-order valence-electron chi connectivity index (χ2n) is 7.18. The van der Waals surface area contributed by atoms with Crippen LogP contribution in [0.15, 0.2) is 30.3 Å². The number of carbonyl (C=O) groups is 2. The highest BCUT2D eigenvalue weighted by molar-refractivity contribution is 6.31. The maximum atomic E-state index is 14.4. The first-order valence-electron chi connectivity index (χ1n) is 9.66. The minimum atomic E-state index is -0.527. The quantitative estimate of drug-likeness (QED) is 0.677. The van der Waals surface area contributed by atoms with Crippen molar-refractivity contribution in [3.63, 3.8) is 0 Å². The number of ether oxygens (including phenoxy) is 1. The van der Waals surface area contributed by atoms with Crippen molar-refractivity contribution in [1.29, 1.82) is 0 Å². The highest BCUT2D eigenvalue weighted by atomic mass is 35.5. The maximum absolute atomic E-state index is 14.4. The highest BCUT2D eigenvalue weighted by Crippen LogP contribution is 2.31. The number of benzene rings is 2. The van der Waals surface area contributed by atoms with Gasteiger partial charge in [-0.1, -0.05) is 17.7 Å². The fourth-order valence-electron chi connectivity index (χ4n) is 3.62. The molecule has 1 fully saturated rings. The number of amides is 2. The van der Waals surface area contributed by atoms with E-state index in [1.807, 2.05) is 5.01 Å². The van der Waals surface area contributed by atoms with E-state index in [0.29, 0.717) is 25.1 Å². The smallest absolute Gasteiger partial charge is 0.229 e. The Labute approximate surface area is 177 Å². The number of hydrogen-bond acceptors (Lipinski definition) is 5. The Hall–Kier alpha value is -2.71. The minimum Gasteiger partial charge on any atom is -0.489 e. The molecule has 2 aliphatic heterocycles. The van der Waals surface area contributed by atoms with Crippen molar-refractivity contribution in [1.82, 2.24) is 10.3 Å². The molecule has 2 aliphatic rings. The van der Waals surface area contributed by atoms with E-state index in [0.717, 1.165) is 16.2 Å². The lowest BCUT2D eigenvalue weighted by Crippen LogP contribution is -2.36. The lowest BCUT2D eigenvalue weighted by Gasteiger charge is -2.21. The van der Waals surface area contributed by atoms with Gasteiger partial charge in [0.1, 0.15) is 12.4 Å². The molecule has 6 nitrogen and oxygen atoms in total. The number of carbonyl (C=O) groups excluding carboxylic acids is 2. The molecular weight excluding hydrogens is 416 g/mol. The molecule has 158 valence electrons. The van der Waals surface area contributed by atoms with Crippen LogP contribution in [0.4, 0.5) is 14.5 Å². The highest BCUT2D eigenvalue weighted by Gasteiger charge is 2.28. The molecule has 9 heteroatoms. The second kappa shape index (κ2) is 8.57. The first-order chi connectivity index (χ1) is 14.4. The van der Waals surface area contributed by atoms with Crippen LogP contribution in [-0.2, 0) is 22.6 Å². The van der Waals surface area contributed by atoms with Crippen molar-refractivity contribution in [2.24, 2.45) is 0 Å². The van der Waals surface area contributed by atoms with Crippen molar-refractivity contribution in [3.05, 3.63) is 58.1 Å². The normalized spacial score (nSPS) is 15.8. The number of halogens is 3. The summed E-state index contributed by atoms with van der Waals surface area (Å²) in [5.41, 5.74) is 5.58. The molecule has 2 amide bonds. The Kier molecular flexibility index (Phi) is 5.87. The van der Waals surface area contributed by atoms with E-state index in [2.05, 4.69) is 5.43 Å². The number of nitrogens with one attached hydrogen (secondary N) is 1. The average Bonchev–Trinajstić information content (AvgIpc) is 3.25. The third-order valence-corrected chi connectivity index (χ3v) is 5.50. The van der Waals surface area contributed by atoms with Crippen molar-refractivity contribution >= 4 is 29.1 Å². The van der Waals surface area contributed by atoms with E-state index in [1.54, 1.807) is 12.1 Å². The van der Waals surface area contributed by atoms with Gasteiger partial charge in [-0.05, 0) is 41.8 Å². The number of imide groups is 1. The van der Waals surface area contributed by atoms with Crippen LogP contribution in [0.3, 0.4) is 0 Å². The monoisotopic (exact) mass is 435 g/mol. The summed E-state index contributed by atoms with van der Waals surface area (Å²) < 4.78 is 33.4. The summed E-state index contributed by atoms with van der Waals surface area (Å²) in [6, 6.07) is 7.63. The van der Waals surface area contributed by atoms with Gasteiger partial charge in [-0.3, -0.25) is 14.5 Å². The molecule has 0 radical (unpaired) electrons. The number of hydrazine groups is 1. The maximum Gasteiger partial charge on any atom is 0.229 e. The molecule has 4 rings (SSSR count). The van der Waals surface area contributed by atoms with E-state index in [4.69, 9.17) is 16.3 Å². The molecule has 0 saturated carbocycles. The zero-order chi connectivity index (χ0) is 21.3. The van der Waals surface area contributed by atoms with Crippen LogP contribution in [0, 0.1) is 11.6 Å². The Bertz CT molecular complexity index is 986. The van der Waals surface area contributed by atoms with Crippen molar-refractivity contribution in [2.75, 3.05) is 24.7 Å². The average molecular weight is 436 g/mol. The Morgan fingerprint density at radius 1 is 1.03 bits per heavy atom. The van der Waals surface area contributed by atoms with Gasteiger partial charge in [0.2, 0.25) is 11.8 Å². The van der Waals surface area contributed by atoms with Crippen molar-refractivity contribution in [3.8, 4) is 5.75 Å². The zero-order valence-electron chi connectivity index (χ0n) is 16.1. The molecule has 0 unspecified atom stereocenters. The summed E-state index contributed by atoms with van der Waals surface area (Å²) in [5, 5.41) is 1.93. The molecule has 0 bridgehead atoms. The van der Waals surface area contributed by atoms with Gasteiger partial charge in [-0.2, -0.15) is 0 Å². The molecule has 2 heterocycles. The van der Waals surface area contributed by atoms with Gasteiger partial charge in [0.15, 0.2) is 11.6 Å². The third kappa shape index (κ3) is 4.24. The summed E-state index contributed by atoms with van der Waals surface area (Å²) >= 11 is 5.88. The Morgan fingerprint density at radius 3 is 2.53 bits per heavy atom.